The van der Waals surface area contributed by atoms with E-state index < -0.39 is 27.0 Å². The highest BCUT2D eigenvalue weighted by Gasteiger charge is 2.32. The summed E-state index contributed by atoms with van der Waals surface area (Å²) in [6, 6.07) is 7.90. The van der Waals surface area contributed by atoms with Gasteiger partial charge in [0, 0.05) is 30.9 Å². The summed E-state index contributed by atoms with van der Waals surface area (Å²) in [5.74, 6) is -0.327. The standard InChI is InChI=1S/C17H18N4O6S/c18-17(22)16-10-13(6-7-19-16)27-14-4-2-8-20(11-14)28(25,26)15-5-1-3-12(9-15)21(23)24/h1,3,5-7,9-10,14H,2,4,8,11H2,(H2,18,22). The van der Waals surface area contributed by atoms with Gasteiger partial charge < -0.3 is 10.5 Å². The average Bonchev–Trinajstić information content (AvgIpc) is 2.68. The fraction of sp³-hybridized carbons (Fsp3) is 0.294. The fourth-order valence-electron chi connectivity index (χ4n) is 2.94. The van der Waals surface area contributed by atoms with E-state index in [2.05, 4.69) is 4.98 Å². The number of carbonyl (C=O) groups is 1. The molecular formula is C17H18N4O6S. The normalized spacial score (nSPS) is 17.8. The van der Waals surface area contributed by atoms with Gasteiger partial charge in [0.15, 0.2) is 0 Å². The Hall–Kier alpha value is -3.05. The lowest BCUT2D eigenvalue weighted by molar-refractivity contribution is -0.385. The molecule has 11 heteroatoms. The molecule has 0 spiro atoms. The SMILES string of the molecule is NC(=O)c1cc(OC2CCCN(S(=O)(=O)c3cccc([N+](=O)[O-])c3)C2)ccn1. The van der Waals surface area contributed by atoms with Crippen LogP contribution < -0.4 is 10.5 Å². The number of hydrogen-bond acceptors (Lipinski definition) is 7. The molecule has 2 heterocycles. The number of benzene rings is 1. The summed E-state index contributed by atoms with van der Waals surface area (Å²) in [5.41, 5.74) is 4.96. The van der Waals surface area contributed by atoms with Crippen LogP contribution in [0.3, 0.4) is 0 Å². The van der Waals surface area contributed by atoms with Crippen LogP contribution in [0.25, 0.3) is 0 Å². The molecule has 1 aliphatic rings. The Morgan fingerprint density at radius 3 is 2.82 bits per heavy atom. The number of nitro groups is 1. The van der Waals surface area contributed by atoms with Gasteiger partial charge in [-0.05, 0) is 25.0 Å². The molecule has 0 bridgehead atoms. The molecule has 1 atom stereocenters. The first-order valence-corrected chi connectivity index (χ1v) is 9.88. The Morgan fingerprint density at radius 2 is 2.11 bits per heavy atom. The van der Waals surface area contributed by atoms with Crippen molar-refractivity contribution in [3.05, 3.63) is 58.4 Å². The molecular weight excluding hydrogens is 388 g/mol. The molecule has 2 N–H and O–H groups in total. The zero-order valence-electron chi connectivity index (χ0n) is 14.7. The van der Waals surface area contributed by atoms with Gasteiger partial charge in [-0.15, -0.1) is 0 Å². The Labute approximate surface area is 161 Å². The first kappa shape index (κ1) is 19.7. The van der Waals surface area contributed by atoms with Crippen molar-refractivity contribution in [2.45, 2.75) is 23.8 Å². The van der Waals surface area contributed by atoms with E-state index in [1.807, 2.05) is 0 Å². The summed E-state index contributed by atoms with van der Waals surface area (Å²) in [7, 11) is -3.90. The van der Waals surface area contributed by atoms with Crippen molar-refractivity contribution < 1.29 is 22.9 Å². The van der Waals surface area contributed by atoms with Crippen molar-refractivity contribution in [1.82, 2.24) is 9.29 Å². The minimum atomic E-state index is -3.90. The Bertz CT molecular complexity index is 1010. The van der Waals surface area contributed by atoms with E-state index in [1.54, 1.807) is 6.07 Å². The molecule has 2 aromatic rings. The first-order valence-electron chi connectivity index (χ1n) is 8.44. The van der Waals surface area contributed by atoms with Crippen LogP contribution in [0.1, 0.15) is 23.3 Å². The van der Waals surface area contributed by atoms with Gasteiger partial charge >= 0.3 is 0 Å². The van der Waals surface area contributed by atoms with E-state index in [0.717, 1.165) is 6.07 Å². The monoisotopic (exact) mass is 406 g/mol. The third-order valence-corrected chi connectivity index (χ3v) is 6.15. The minimum Gasteiger partial charge on any atom is -0.489 e. The van der Waals surface area contributed by atoms with Crippen molar-refractivity contribution >= 4 is 21.6 Å². The number of rotatable bonds is 6. The third kappa shape index (κ3) is 4.26. The van der Waals surface area contributed by atoms with Crippen LogP contribution >= 0.6 is 0 Å². The average molecular weight is 406 g/mol. The van der Waals surface area contributed by atoms with Crippen LogP contribution in [0.15, 0.2) is 47.5 Å². The predicted molar refractivity (Wildman–Crippen MR) is 98.3 cm³/mol. The van der Waals surface area contributed by atoms with Crippen LogP contribution in [0, 0.1) is 10.1 Å². The second-order valence-corrected chi connectivity index (χ2v) is 8.18. The van der Waals surface area contributed by atoms with E-state index in [0.29, 0.717) is 18.6 Å². The molecule has 0 saturated carbocycles. The number of carbonyl (C=O) groups excluding carboxylic acids is 1. The summed E-state index contributed by atoms with van der Waals surface area (Å²) >= 11 is 0. The topological polar surface area (TPSA) is 146 Å². The Morgan fingerprint density at radius 1 is 1.32 bits per heavy atom. The number of sulfonamides is 1. The summed E-state index contributed by atoms with van der Waals surface area (Å²) in [4.78, 5) is 25.2. The summed E-state index contributed by atoms with van der Waals surface area (Å²) in [6.07, 6.45) is 2.13. The number of pyridine rings is 1. The van der Waals surface area contributed by atoms with Gasteiger partial charge in [-0.25, -0.2) is 8.42 Å². The zero-order chi connectivity index (χ0) is 20.3. The molecule has 3 rings (SSSR count). The molecule has 1 aliphatic heterocycles. The highest BCUT2D eigenvalue weighted by Crippen LogP contribution is 2.25. The third-order valence-electron chi connectivity index (χ3n) is 4.29. The lowest BCUT2D eigenvalue weighted by atomic mass is 10.1. The maximum atomic E-state index is 12.9. The molecule has 1 aromatic carbocycles. The van der Waals surface area contributed by atoms with E-state index in [9.17, 15) is 23.3 Å². The van der Waals surface area contributed by atoms with Crippen molar-refractivity contribution in [2.24, 2.45) is 5.73 Å². The van der Waals surface area contributed by atoms with Gasteiger partial charge in [-0.2, -0.15) is 4.31 Å². The summed E-state index contributed by atoms with van der Waals surface area (Å²) in [5, 5.41) is 10.9. The molecule has 1 aromatic heterocycles. The maximum Gasteiger partial charge on any atom is 0.270 e. The van der Waals surface area contributed by atoms with Gasteiger partial charge in [0.05, 0.1) is 16.4 Å². The molecule has 1 fully saturated rings. The van der Waals surface area contributed by atoms with Crippen LogP contribution in [-0.4, -0.2) is 47.7 Å². The second-order valence-electron chi connectivity index (χ2n) is 6.24. The number of ether oxygens (including phenoxy) is 1. The Balaban J connectivity index is 1.77. The summed E-state index contributed by atoms with van der Waals surface area (Å²) < 4.78 is 32.8. The lowest BCUT2D eigenvalue weighted by Gasteiger charge is -2.32. The lowest BCUT2D eigenvalue weighted by Crippen LogP contribution is -2.44. The minimum absolute atomic E-state index is 0.0504. The smallest absolute Gasteiger partial charge is 0.270 e. The number of piperidine rings is 1. The van der Waals surface area contributed by atoms with E-state index in [4.69, 9.17) is 10.5 Å². The van der Waals surface area contributed by atoms with Gasteiger partial charge in [0.1, 0.15) is 17.5 Å². The van der Waals surface area contributed by atoms with Crippen LogP contribution in [0.4, 0.5) is 5.69 Å². The number of non-ortho nitro benzene ring substituents is 1. The highest BCUT2D eigenvalue weighted by molar-refractivity contribution is 7.89. The molecule has 148 valence electrons. The largest absolute Gasteiger partial charge is 0.489 e. The number of primary amides is 1. The van der Waals surface area contributed by atoms with Gasteiger partial charge in [-0.1, -0.05) is 6.07 Å². The van der Waals surface area contributed by atoms with E-state index in [1.165, 1.54) is 34.8 Å². The number of aromatic nitrogens is 1. The van der Waals surface area contributed by atoms with Gasteiger partial charge in [0.25, 0.3) is 11.6 Å². The highest BCUT2D eigenvalue weighted by atomic mass is 32.2. The first-order chi connectivity index (χ1) is 13.3. The molecule has 0 radical (unpaired) electrons. The van der Waals surface area contributed by atoms with Crippen molar-refractivity contribution in [1.29, 1.82) is 0 Å². The molecule has 1 saturated heterocycles. The number of nitro benzene ring substituents is 1. The van der Waals surface area contributed by atoms with Crippen molar-refractivity contribution in [3.63, 3.8) is 0 Å². The van der Waals surface area contributed by atoms with Crippen LogP contribution in [-0.2, 0) is 10.0 Å². The maximum absolute atomic E-state index is 12.9. The van der Waals surface area contributed by atoms with E-state index in [-0.39, 0.29) is 29.4 Å². The number of amides is 1. The predicted octanol–water partition coefficient (Wildman–Crippen LogP) is 1.32. The van der Waals surface area contributed by atoms with E-state index >= 15 is 0 Å². The van der Waals surface area contributed by atoms with Crippen LogP contribution in [0.2, 0.25) is 0 Å². The quantitative estimate of drug-likeness (QED) is 0.562. The molecule has 1 unspecified atom stereocenters. The number of nitrogens with zero attached hydrogens (tertiary/aromatic N) is 3. The number of hydrogen-bond donors (Lipinski definition) is 1. The zero-order valence-corrected chi connectivity index (χ0v) is 15.5. The van der Waals surface area contributed by atoms with Crippen LogP contribution in [0.5, 0.6) is 5.75 Å². The Kier molecular flexibility index (Phi) is 5.56. The van der Waals surface area contributed by atoms with Crippen molar-refractivity contribution in [3.8, 4) is 5.75 Å². The molecule has 0 aliphatic carbocycles. The molecule has 10 nitrogen and oxygen atoms in total. The fourth-order valence-corrected chi connectivity index (χ4v) is 4.49. The van der Waals surface area contributed by atoms with Gasteiger partial charge in [0.2, 0.25) is 10.0 Å². The molecule has 28 heavy (non-hydrogen) atoms. The summed E-state index contributed by atoms with van der Waals surface area (Å²) in [6.45, 7) is 0.368. The molecule has 1 amide bonds. The van der Waals surface area contributed by atoms with Gasteiger partial charge in [-0.3, -0.25) is 19.9 Å². The van der Waals surface area contributed by atoms with Crippen molar-refractivity contribution in [2.75, 3.05) is 13.1 Å². The number of nitrogens with two attached hydrogens (primary N) is 1. The second kappa shape index (κ2) is 7.90.